The van der Waals surface area contributed by atoms with Crippen molar-refractivity contribution in [3.63, 3.8) is 0 Å². The fourth-order valence-corrected chi connectivity index (χ4v) is 2.45. The third-order valence-corrected chi connectivity index (χ3v) is 4.06. The van der Waals surface area contributed by atoms with Gasteiger partial charge < -0.3 is 4.74 Å². The van der Waals surface area contributed by atoms with Crippen molar-refractivity contribution < 1.29 is 9.53 Å². The van der Waals surface area contributed by atoms with Crippen LogP contribution in [-0.4, -0.2) is 28.2 Å². The van der Waals surface area contributed by atoms with Gasteiger partial charge in [0.2, 0.25) is 11.8 Å². The summed E-state index contributed by atoms with van der Waals surface area (Å²) in [6, 6.07) is 11.7. The average Bonchev–Trinajstić information content (AvgIpc) is 2.58. The number of carbonyl (C=O) groups excluding carboxylic acids is 1. The molecule has 0 saturated carbocycles. The summed E-state index contributed by atoms with van der Waals surface area (Å²) in [6.45, 7) is 1.86. The van der Waals surface area contributed by atoms with Crippen LogP contribution in [-0.2, 0) is 10.5 Å². The first-order chi connectivity index (χ1) is 10.7. The summed E-state index contributed by atoms with van der Waals surface area (Å²) in [6.07, 6.45) is 1.55. The van der Waals surface area contributed by atoms with E-state index in [0.29, 0.717) is 5.88 Å². The molecule has 1 aromatic carbocycles. The Morgan fingerprint density at radius 3 is 2.82 bits per heavy atom. The summed E-state index contributed by atoms with van der Waals surface area (Å²) in [5.41, 5.74) is 6.47. The number of methoxy groups -OCH3 is 1. The van der Waals surface area contributed by atoms with Gasteiger partial charge in [-0.1, -0.05) is 30.3 Å². The topological polar surface area (TPSA) is 76.1 Å². The van der Waals surface area contributed by atoms with E-state index in [4.69, 9.17) is 4.74 Å². The van der Waals surface area contributed by atoms with Crippen molar-refractivity contribution in [1.82, 2.24) is 15.4 Å². The summed E-state index contributed by atoms with van der Waals surface area (Å²) in [5.74, 6) is 1.36. The number of carbonyl (C=O) groups is 1. The van der Waals surface area contributed by atoms with E-state index in [1.165, 1.54) is 12.7 Å². The lowest BCUT2D eigenvalue weighted by molar-refractivity contribution is -0.119. The first-order valence-corrected chi connectivity index (χ1v) is 7.82. The largest absolute Gasteiger partial charge is 0.481 e. The van der Waals surface area contributed by atoms with Gasteiger partial charge in [0.15, 0.2) is 0 Å². The normalized spacial score (nSPS) is 11.5. The van der Waals surface area contributed by atoms with Crippen molar-refractivity contribution >= 4 is 23.6 Å². The van der Waals surface area contributed by atoms with Crippen molar-refractivity contribution in [3.8, 4) is 5.88 Å². The maximum atomic E-state index is 12.0. The molecule has 1 amide bonds. The smallest absolute Gasteiger partial charge is 0.251 e. The number of benzene rings is 1. The molecule has 7 heteroatoms. The Morgan fingerprint density at radius 2 is 2.09 bits per heavy atom. The van der Waals surface area contributed by atoms with Crippen LogP contribution >= 0.6 is 11.8 Å². The summed E-state index contributed by atoms with van der Waals surface area (Å²) in [7, 11) is 1.52. The van der Waals surface area contributed by atoms with E-state index in [1.807, 2.05) is 37.3 Å². The van der Waals surface area contributed by atoms with E-state index < -0.39 is 0 Å². The number of amides is 1. The van der Waals surface area contributed by atoms with Gasteiger partial charge in [0.25, 0.3) is 5.91 Å². The second-order valence-electron chi connectivity index (χ2n) is 4.48. The number of anilines is 1. The van der Waals surface area contributed by atoms with Crippen LogP contribution in [0.3, 0.4) is 0 Å². The zero-order valence-electron chi connectivity index (χ0n) is 12.4. The van der Waals surface area contributed by atoms with Gasteiger partial charge in [-0.05, 0) is 12.5 Å². The van der Waals surface area contributed by atoms with Gasteiger partial charge in [0, 0.05) is 18.0 Å². The van der Waals surface area contributed by atoms with Gasteiger partial charge in [-0.2, -0.15) is 4.98 Å². The van der Waals surface area contributed by atoms with Gasteiger partial charge in [0.05, 0.1) is 12.4 Å². The van der Waals surface area contributed by atoms with E-state index in [1.54, 1.807) is 24.0 Å². The molecule has 1 unspecified atom stereocenters. The molecular formula is C15H18N4O2S. The van der Waals surface area contributed by atoms with Crippen molar-refractivity contribution in [1.29, 1.82) is 0 Å². The number of rotatable bonds is 7. The molecule has 2 rings (SSSR count). The van der Waals surface area contributed by atoms with Crippen LogP contribution in [0.15, 0.2) is 42.6 Å². The molecule has 0 spiro atoms. The molecule has 2 aromatic rings. The quantitative estimate of drug-likeness (QED) is 0.763. The highest BCUT2D eigenvalue weighted by Gasteiger charge is 2.13. The second-order valence-corrected chi connectivity index (χ2v) is 5.80. The highest BCUT2D eigenvalue weighted by atomic mass is 32.2. The summed E-state index contributed by atoms with van der Waals surface area (Å²) in [4.78, 5) is 20.0. The molecular weight excluding hydrogens is 300 g/mol. The molecule has 0 bridgehead atoms. The minimum absolute atomic E-state index is 0.132. The van der Waals surface area contributed by atoms with Gasteiger partial charge in [0.1, 0.15) is 0 Å². The van der Waals surface area contributed by atoms with Crippen molar-refractivity contribution in [3.05, 3.63) is 48.2 Å². The van der Waals surface area contributed by atoms with E-state index >= 15 is 0 Å². The first-order valence-electron chi connectivity index (χ1n) is 6.77. The number of hydrazine groups is 1. The Labute approximate surface area is 133 Å². The van der Waals surface area contributed by atoms with Gasteiger partial charge in [-0.25, -0.2) is 4.98 Å². The standard InChI is InChI=1S/C15H18N4O2S/c1-11(22-10-12-6-4-3-5-7-12)14(20)18-19-15-16-9-8-13(17-15)21-2/h3-9,11H,10H2,1-2H3,(H,18,20)(H,16,17,19). The van der Waals surface area contributed by atoms with Gasteiger partial charge >= 0.3 is 0 Å². The van der Waals surface area contributed by atoms with E-state index in [2.05, 4.69) is 20.8 Å². The molecule has 6 nitrogen and oxygen atoms in total. The van der Waals surface area contributed by atoms with Crippen LogP contribution in [0, 0.1) is 0 Å². The highest BCUT2D eigenvalue weighted by molar-refractivity contribution is 7.99. The summed E-state index contributed by atoms with van der Waals surface area (Å²) in [5, 5.41) is -0.196. The van der Waals surface area contributed by atoms with Crippen molar-refractivity contribution in [2.24, 2.45) is 0 Å². The third-order valence-electron chi connectivity index (χ3n) is 2.85. The fraction of sp³-hybridized carbons (Fsp3) is 0.267. The molecule has 116 valence electrons. The number of nitrogens with zero attached hydrogens (tertiary/aromatic N) is 2. The Hall–Kier alpha value is -2.28. The summed E-state index contributed by atoms with van der Waals surface area (Å²) >= 11 is 1.56. The zero-order chi connectivity index (χ0) is 15.8. The molecule has 1 atom stereocenters. The Kier molecular flexibility index (Phi) is 6.02. The van der Waals surface area contributed by atoms with Crippen LogP contribution < -0.4 is 15.6 Å². The van der Waals surface area contributed by atoms with E-state index in [9.17, 15) is 4.79 Å². The molecule has 0 aliphatic rings. The number of ether oxygens (including phenoxy) is 1. The van der Waals surface area contributed by atoms with Crippen LogP contribution in [0.5, 0.6) is 5.88 Å². The van der Waals surface area contributed by atoms with Gasteiger partial charge in [-0.3, -0.25) is 15.6 Å². The molecule has 0 radical (unpaired) electrons. The molecule has 0 aliphatic heterocycles. The number of hydrogen-bond donors (Lipinski definition) is 2. The molecule has 0 fully saturated rings. The van der Waals surface area contributed by atoms with E-state index in [0.717, 1.165) is 5.75 Å². The third kappa shape index (κ3) is 4.92. The lowest BCUT2D eigenvalue weighted by atomic mass is 10.2. The molecule has 1 aromatic heterocycles. The minimum Gasteiger partial charge on any atom is -0.481 e. The minimum atomic E-state index is -0.196. The number of hydrogen-bond acceptors (Lipinski definition) is 6. The molecule has 0 aliphatic carbocycles. The predicted molar refractivity (Wildman–Crippen MR) is 87.5 cm³/mol. The van der Waals surface area contributed by atoms with Crippen LogP contribution in [0.25, 0.3) is 0 Å². The SMILES string of the molecule is COc1ccnc(NNC(=O)C(C)SCc2ccccc2)n1. The maximum absolute atomic E-state index is 12.0. The zero-order valence-corrected chi connectivity index (χ0v) is 13.3. The van der Waals surface area contributed by atoms with E-state index in [-0.39, 0.29) is 17.1 Å². The number of thioether (sulfide) groups is 1. The Balaban J connectivity index is 1.78. The van der Waals surface area contributed by atoms with Crippen LogP contribution in [0.1, 0.15) is 12.5 Å². The Bertz CT molecular complexity index is 610. The van der Waals surface area contributed by atoms with Crippen LogP contribution in [0.2, 0.25) is 0 Å². The monoisotopic (exact) mass is 318 g/mol. The first kappa shape index (κ1) is 16.1. The highest BCUT2D eigenvalue weighted by Crippen LogP contribution is 2.17. The number of nitrogens with one attached hydrogen (secondary N) is 2. The Morgan fingerprint density at radius 1 is 1.32 bits per heavy atom. The summed E-state index contributed by atoms with van der Waals surface area (Å²) < 4.78 is 4.99. The second kappa shape index (κ2) is 8.23. The molecule has 0 saturated heterocycles. The molecule has 22 heavy (non-hydrogen) atoms. The predicted octanol–water partition coefficient (Wildman–Crippen LogP) is 2.25. The lowest BCUT2D eigenvalue weighted by Crippen LogP contribution is -2.36. The maximum Gasteiger partial charge on any atom is 0.251 e. The van der Waals surface area contributed by atoms with Crippen molar-refractivity contribution in [2.45, 2.75) is 17.9 Å². The van der Waals surface area contributed by atoms with Crippen LogP contribution in [0.4, 0.5) is 5.95 Å². The molecule has 2 N–H and O–H groups in total. The number of aromatic nitrogens is 2. The lowest BCUT2D eigenvalue weighted by Gasteiger charge is -2.12. The fourth-order valence-electron chi connectivity index (χ4n) is 1.61. The molecule has 1 heterocycles. The average molecular weight is 318 g/mol. The van der Waals surface area contributed by atoms with Crippen molar-refractivity contribution in [2.75, 3.05) is 12.5 Å². The van der Waals surface area contributed by atoms with Gasteiger partial charge in [-0.15, -0.1) is 11.8 Å².